The summed E-state index contributed by atoms with van der Waals surface area (Å²) in [6.45, 7) is 5.04. The number of hydrogen-bond acceptors (Lipinski definition) is 3. The van der Waals surface area contributed by atoms with Gasteiger partial charge in [-0.1, -0.05) is 18.2 Å². The molecule has 1 fully saturated rings. The number of aromatic amines is 1. The van der Waals surface area contributed by atoms with Gasteiger partial charge in [0, 0.05) is 37.4 Å². The second-order valence-corrected chi connectivity index (χ2v) is 6.74. The summed E-state index contributed by atoms with van der Waals surface area (Å²) in [5.74, 6) is -0.350. The van der Waals surface area contributed by atoms with Gasteiger partial charge in [0.1, 0.15) is 11.5 Å². The third kappa shape index (κ3) is 3.56. The van der Waals surface area contributed by atoms with Gasteiger partial charge in [0.2, 0.25) is 0 Å². The number of amides is 1. The van der Waals surface area contributed by atoms with E-state index in [-0.39, 0.29) is 11.7 Å². The van der Waals surface area contributed by atoms with E-state index in [9.17, 15) is 9.18 Å². The maximum atomic E-state index is 13.1. The van der Waals surface area contributed by atoms with Crippen molar-refractivity contribution in [1.29, 1.82) is 0 Å². The predicted molar refractivity (Wildman–Crippen MR) is 103 cm³/mol. The molecule has 0 aliphatic carbocycles. The number of nitrogens with zero attached hydrogens (tertiary/aromatic N) is 3. The van der Waals surface area contributed by atoms with Gasteiger partial charge in [-0.2, -0.15) is 5.10 Å². The molecule has 0 unspecified atom stereocenters. The van der Waals surface area contributed by atoms with E-state index in [2.05, 4.69) is 34.2 Å². The molecule has 0 atom stereocenters. The number of anilines is 1. The summed E-state index contributed by atoms with van der Waals surface area (Å²) < 4.78 is 13.1. The fraction of sp³-hybridized carbons (Fsp3) is 0.238. The van der Waals surface area contributed by atoms with Crippen molar-refractivity contribution in [3.63, 3.8) is 0 Å². The van der Waals surface area contributed by atoms with Crippen LogP contribution in [0.4, 0.5) is 10.1 Å². The number of carbonyl (C=O) groups is 1. The minimum atomic E-state index is -0.294. The number of aromatic nitrogens is 2. The number of hydrogen-bond donors (Lipinski definition) is 1. The Kier molecular flexibility index (Phi) is 4.62. The number of halogens is 1. The van der Waals surface area contributed by atoms with Gasteiger partial charge in [0.15, 0.2) is 0 Å². The SMILES string of the molecule is Cc1ccccc1N1CCN(C(=O)c2cc(-c3ccc(F)cc3)n[nH]2)CC1. The summed E-state index contributed by atoms with van der Waals surface area (Å²) in [4.78, 5) is 16.9. The van der Waals surface area contributed by atoms with Crippen molar-refractivity contribution in [2.24, 2.45) is 0 Å². The Morgan fingerprint density at radius 2 is 1.74 bits per heavy atom. The van der Waals surface area contributed by atoms with Crippen molar-refractivity contribution < 1.29 is 9.18 Å². The Morgan fingerprint density at radius 1 is 1.04 bits per heavy atom. The lowest BCUT2D eigenvalue weighted by Gasteiger charge is -2.36. The zero-order chi connectivity index (χ0) is 18.8. The molecular weight excluding hydrogens is 343 g/mol. The van der Waals surface area contributed by atoms with E-state index in [1.165, 1.54) is 23.4 Å². The number of aryl methyl sites for hydroxylation is 1. The van der Waals surface area contributed by atoms with Gasteiger partial charge in [-0.15, -0.1) is 0 Å². The summed E-state index contributed by atoms with van der Waals surface area (Å²) in [6, 6.07) is 16.1. The Morgan fingerprint density at radius 3 is 2.44 bits per heavy atom. The summed E-state index contributed by atoms with van der Waals surface area (Å²) in [7, 11) is 0. The quantitative estimate of drug-likeness (QED) is 0.774. The third-order valence-corrected chi connectivity index (χ3v) is 4.97. The van der Waals surface area contributed by atoms with E-state index in [0.29, 0.717) is 24.5 Å². The Labute approximate surface area is 157 Å². The van der Waals surface area contributed by atoms with Crippen LogP contribution in [0.15, 0.2) is 54.6 Å². The van der Waals surface area contributed by atoms with Crippen LogP contribution >= 0.6 is 0 Å². The smallest absolute Gasteiger partial charge is 0.272 e. The molecule has 2 aromatic carbocycles. The van der Waals surface area contributed by atoms with Gasteiger partial charge in [-0.25, -0.2) is 4.39 Å². The molecule has 6 heteroatoms. The van der Waals surface area contributed by atoms with Crippen LogP contribution in [-0.2, 0) is 0 Å². The molecule has 0 bridgehead atoms. The molecule has 0 spiro atoms. The van der Waals surface area contributed by atoms with Gasteiger partial charge < -0.3 is 9.80 Å². The zero-order valence-corrected chi connectivity index (χ0v) is 15.2. The van der Waals surface area contributed by atoms with Gasteiger partial charge in [0.25, 0.3) is 5.91 Å². The maximum absolute atomic E-state index is 13.1. The Hall–Kier alpha value is -3.15. The highest BCUT2D eigenvalue weighted by Gasteiger charge is 2.24. The average Bonchev–Trinajstić information content (AvgIpc) is 3.19. The molecule has 138 valence electrons. The van der Waals surface area contributed by atoms with Gasteiger partial charge in [-0.05, 0) is 48.9 Å². The van der Waals surface area contributed by atoms with Crippen LogP contribution in [0, 0.1) is 12.7 Å². The molecule has 4 rings (SSSR count). The fourth-order valence-corrected chi connectivity index (χ4v) is 3.44. The molecule has 1 N–H and O–H groups in total. The lowest BCUT2D eigenvalue weighted by atomic mass is 10.1. The number of piperazine rings is 1. The summed E-state index contributed by atoms with van der Waals surface area (Å²) in [6.07, 6.45) is 0. The molecule has 0 saturated carbocycles. The van der Waals surface area contributed by atoms with E-state index in [4.69, 9.17) is 0 Å². The van der Waals surface area contributed by atoms with E-state index < -0.39 is 0 Å². The van der Waals surface area contributed by atoms with Crippen LogP contribution in [0.25, 0.3) is 11.3 Å². The van der Waals surface area contributed by atoms with Crippen LogP contribution in [0.5, 0.6) is 0 Å². The highest BCUT2D eigenvalue weighted by atomic mass is 19.1. The van der Waals surface area contributed by atoms with Crippen molar-refractivity contribution in [3.05, 3.63) is 71.7 Å². The summed E-state index contributed by atoms with van der Waals surface area (Å²) >= 11 is 0. The van der Waals surface area contributed by atoms with Crippen LogP contribution in [-0.4, -0.2) is 47.2 Å². The topological polar surface area (TPSA) is 52.2 Å². The van der Waals surface area contributed by atoms with E-state index in [0.717, 1.165) is 18.7 Å². The standard InChI is InChI=1S/C21H21FN4O/c1-15-4-2-3-5-20(15)25-10-12-26(13-11-25)21(27)19-14-18(23-24-19)16-6-8-17(22)9-7-16/h2-9,14H,10-13H2,1H3,(H,23,24). The fourth-order valence-electron chi connectivity index (χ4n) is 3.44. The second-order valence-electron chi connectivity index (χ2n) is 6.74. The number of para-hydroxylation sites is 1. The number of rotatable bonds is 3. The zero-order valence-electron chi connectivity index (χ0n) is 15.2. The lowest BCUT2D eigenvalue weighted by molar-refractivity contribution is 0.0741. The van der Waals surface area contributed by atoms with Crippen molar-refractivity contribution in [2.75, 3.05) is 31.1 Å². The molecule has 1 amide bonds. The van der Waals surface area contributed by atoms with Crippen LogP contribution in [0.3, 0.4) is 0 Å². The molecule has 1 aliphatic rings. The van der Waals surface area contributed by atoms with Gasteiger partial charge >= 0.3 is 0 Å². The minimum Gasteiger partial charge on any atom is -0.368 e. The molecule has 27 heavy (non-hydrogen) atoms. The second kappa shape index (κ2) is 7.23. The lowest BCUT2D eigenvalue weighted by Crippen LogP contribution is -2.49. The van der Waals surface area contributed by atoms with E-state index >= 15 is 0 Å². The maximum Gasteiger partial charge on any atom is 0.272 e. The monoisotopic (exact) mass is 364 g/mol. The van der Waals surface area contributed by atoms with Crippen LogP contribution < -0.4 is 4.90 Å². The summed E-state index contributed by atoms with van der Waals surface area (Å²) in [5, 5.41) is 7.02. The van der Waals surface area contributed by atoms with Crippen molar-refractivity contribution >= 4 is 11.6 Å². The van der Waals surface area contributed by atoms with Gasteiger partial charge in [-0.3, -0.25) is 9.89 Å². The molecule has 1 saturated heterocycles. The first kappa shape index (κ1) is 17.3. The Bertz CT molecular complexity index is 943. The Balaban J connectivity index is 1.43. The van der Waals surface area contributed by atoms with Crippen LogP contribution in [0.2, 0.25) is 0 Å². The first-order chi connectivity index (χ1) is 13.1. The molecule has 5 nitrogen and oxygen atoms in total. The van der Waals surface area contributed by atoms with E-state index in [1.807, 2.05) is 17.0 Å². The number of nitrogens with one attached hydrogen (secondary N) is 1. The van der Waals surface area contributed by atoms with E-state index in [1.54, 1.807) is 18.2 Å². The van der Waals surface area contributed by atoms with Gasteiger partial charge in [0.05, 0.1) is 5.69 Å². The molecule has 0 radical (unpaired) electrons. The molecule has 2 heterocycles. The molecule has 1 aliphatic heterocycles. The number of carbonyl (C=O) groups excluding carboxylic acids is 1. The first-order valence-electron chi connectivity index (χ1n) is 9.03. The molecular formula is C21H21FN4O. The van der Waals surface area contributed by atoms with Crippen molar-refractivity contribution in [3.8, 4) is 11.3 Å². The normalized spacial score (nSPS) is 14.4. The number of benzene rings is 2. The molecule has 1 aromatic heterocycles. The first-order valence-corrected chi connectivity index (χ1v) is 9.03. The van der Waals surface area contributed by atoms with Crippen molar-refractivity contribution in [1.82, 2.24) is 15.1 Å². The highest BCUT2D eigenvalue weighted by Crippen LogP contribution is 2.22. The molecule has 3 aromatic rings. The summed E-state index contributed by atoms with van der Waals surface area (Å²) in [5.41, 5.74) is 4.34. The van der Waals surface area contributed by atoms with Crippen LogP contribution in [0.1, 0.15) is 16.1 Å². The minimum absolute atomic E-state index is 0.0553. The predicted octanol–water partition coefficient (Wildman–Crippen LogP) is 3.49. The number of H-pyrrole nitrogens is 1. The average molecular weight is 364 g/mol. The largest absolute Gasteiger partial charge is 0.368 e. The highest BCUT2D eigenvalue weighted by molar-refractivity contribution is 5.93. The van der Waals surface area contributed by atoms with Crippen molar-refractivity contribution in [2.45, 2.75) is 6.92 Å². The third-order valence-electron chi connectivity index (χ3n) is 4.97.